The minimum atomic E-state index is -0.271. The molecule has 68 valence electrons. The maximum Gasteiger partial charge on any atom is 0.104 e. The first-order valence-corrected chi connectivity index (χ1v) is 4.43. The Hall–Kier alpha value is -0.120. The molecule has 0 aromatic rings. The highest BCUT2D eigenvalue weighted by Crippen LogP contribution is 1.95. The van der Waals surface area contributed by atoms with Crippen LogP contribution >= 0.6 is 0 Å². The molecule has 0 amide bonds. The number of hydrogen-bond donors (Lipinski definition) is 2. The van der Waals surface area contributed by atoms with Gasteiger partial charge in [-0.15, -0.1) is 0 Å². The van der Waals surface area contributed by atoms with Gasteiger partial charge in [-0.25, -0.2) is 0 Å². The normalized spacial score (nSPS) is 21.8. The third-order valence-electron chi connectivity index (χ3n) is 1.68. The van der Waals surface area contributed by atoms with Gasteiger partial charge >= 0.3 is 0 Å². The van der Waals surface area contributed by atoms with Crippen LogP contribution in [0.1, 0.15) is 20.8 Å². The van der Waals surface area contributed by atoms with Gasteiger partial charge in [-0.05, 0) is 6.92 Å². The maximum absolute atomic E-state index is 9.08. The number of aliphatic hydroxyl groups is 1. The van der Waals surface area contributed by atoms with E-state index in [2.05, 4.69) is 10.2 Å². The monoisotopic (exact) mass is 160 g/mol. The van der Waals surface area contributed by atoms with Crippen molar-refractivity contribution in [3.8, 4) is 0 Å². The Labute approximate surface area is 69.4 Å². The molecule has 3 nitrogen and oxygen atoms in total. The van der Waals surface area contributed by atoms with Gasteiger partial charge in [0.25, 0.3) is 0 Å². The van der Waals surface area contributed by atoms with Crippen LogP contribution in [0.4, 0.5) is 0 Å². The molecular weight excluding hydrogens is 140 g/mol. The summed E-state index contributed by atoms with van der Waals surface area (Å²) in [6.07, 6.45) is -0.271. The van der Waals surface area contributed by atoms with Crippen LogP contribution in [0, 0.1) is 0 Å². The van der Waals surface area contributed by atoms with E-state index in [4.69, 9.17) is 5.11 Å². The van der Waals surface area contributed by atoms with Crippen molar-refractivity contribution in [2.45, 2.75) is 27.0 Å². The zero-order valence-corrected chi connectivity index (χ0v) is 7.80. The topological polar surface area (TPSA) is 35.5 Å². The van der Waals surface area contributed by atoms with Crippen molar-refractivity contribution in [2.75, 3.05) is 26.2 Å². The van der Waals surface area contributed by atoms with Crippen LogP contribution in [0.15, 0.2) is 0 Å². The lowest BCUT2D eigenvalue weighted by Crippen LogP contribution is -2.47. The van der Waals surface area contributed by atoms with E-state index in [1.165, 1.54) is 0 Å². The molecule has 1 aliphatic heterocycles. The van der Waals surface area contributed by atoms with Crippen molar-refractivity contribution in [3.05, 3.63) is 0 Å². The average Bonchev–Trinajstić information content (AvgIpc) is 2.10. The second kappa shape index (κ2) is 6.58. The molecule has 2 N–H and O–H groups in total. The van der Waals surface area contributed by atoms with Crippen molar-refractivity contribution in [3.63, 3.8) is 0 Å². The molecule has 0 bridgehead atoms. The van der Waals surface area contributed by atoms with Gasteiger partial charge in [-0.1, -0.05) is 13.8 Å². The summed E-state index contributed by atoms with van der Waals surface area (Å²) in [7, 11) is 0. The van der Waals surface area contributed by atoms with E-state index in [1.54, 1.807) is 0 Å². The maximum atomic E-state index is 9.08. The highest BCUT2D eigenvalue weighted by Gasteiger charge is 2.12. The zero-order chi connectivity index (χ0) is 8.69. The molecule has 1 unspecified atom stereocenters. The van der Waals surface area contributed by atoms with Gasteiger partial charge in [0.05, 0.1) is 0 Å². The Kier molecular flexibility index (Phi) is 6.51. The van der Waals surface area contributed by atoms with Crippen molar-refractivity contribution >= 4 is 0 Å². The minimum Gasteiger partial charge on any atom is -0.379 e. The molecule has 1 aliphatic rings. The largest absolute Gasteiger partial charge is 0.379 e. The standard InChI is InChI=1S/C6H14N2O.C2H6/c1-6(9)8-4-2-7-3-5-8;1-2/h6-7,9H,2-5H2,1H3;1-2H3. The van der Waals surface area contributed by atoms with E-state index in [1.807, 2.05) is 20.8 Å². The van der Waals surface area contributed by atoms with Crippen LogP contribution in [-0.2, 0) is 0 Å². The fraction of sp³-hybridized carbons (Fsp3) is 1.00. The number of rotatable bonds is 1. The number of nitrogens with zero attached hydrogens (tertiary/aromatic N) is 1. The van der Waals surface area contributed by atoms with Crippen molar-refractivity contribution < 1.29 is 5.11 Å². The molecule has 1 fully saturated rings. The van der Waals surface area contributed by atoms with Crippen LogP contribution in [0.25, 0.3) is 0 Å². The van der Waals surface area contributed by atoms with Crippen LogP contribution in [0.3, 0.4) is 0 Å². The molecular formula is C8H20N2O. The lowest BCUT2D eigenvalue weighted by molar-refractivity contribution is 0.0112. The second-order valence-corrected chi connectivity index (χ2v) is 2.42. The summed E-state index contributed by atoms with van der Waals surface area (Å²) < 4.78 is 0. The summed E-state index contributed by atoms with van der Waals surface area (Å²) >= 11 is 0. The van der Waals surface area contributed by atoms with E-state index in [9.17, 15) is 0 Å². The summed E-state index contributed by atoms with van der Waals surface area (Å²) in [5.41, 5.74) is 0. The van der Waals surface area contributed by atoms with E-state index < -0.39 is 0 Å². The van der Waals surface area contributed by atoms with Gasteiger partial charge in [0, 0.05) is 26.2 Å². The molecule has 0 aromatic heterocycles. The van der Waals surface area contributed by atoms with Gasteiger partial charge < -0.3 is 10.4 Å². The molecule has 1 rings (SSSR count). The highest BCUT2D eigenvalue weighted by atomic mass is 16.3. The molecule has 1 saturated heterocycles. The van der Waals surface area contributed by atoms with E-state index >= 15 is 0 Å². The Balaban J connectivity index is 0.000000461. The van der Waals surface area contributed by atoms with Crippen LogP contribution in [0.5, 0.6) is 0 Å². The average molecular weight is 160 g/mol. The number of piperazine rings is 1. The first-order valence-electron chi connectivity index (χ1n) is 4.43. The Morgan fingerprint density at radius 1 is 1.27 bits per heavy atom. The van der Waals surface area contributed by atoms with Crippen molar-refractivity contribution in [2.24, 2.45) is 0 Å². The third kappa shape index (κ3) is 4.35. The summed E-state index contributed by atoms with van der Waals surface area (Å²) in [4.78, 5) is 2.05. The lowest BCUT2D eigenvalue weighted by atomic mass is 10.3. The van der Waals surface area contributed by atoms with Crippen molar-refractivity contribution in [1.82, 2.24) is 10.2 Å². The Morgan fingerprint density at radius 3 is 2.00 bits per heavy atom. The van der Waals surface area contributed by atoms with Gasteiger partial charge in [0.15, 0.2) is 0 Å². The summed E-state index contributed by atoms with van der Waals surface area (Å²) in [6, 6.07) is 0. The number of hydrogen-bond acceptors (Lipinski definition) is 3. The molecule has 0 radical (unpaired) electrons. The van der Waals surface area contributed by atoms with Gasteiger partial charge in [-0.2, -0.15) is 0 Å². The van der Waals surface area contributed by atoms with E-state index in [-0.39, 0.29) is 6.23 Å². The van der Waals surface area contributed by atoms with Crippen molar-refractivity contribution in [1.29, 1.82) is 0 Å². The molecule has 0 spiro atoms. The molecule has 0 aliphatic carbocycles. The molecule has 11 heavy (non-hydrogen) atoms. The molecule has 1 heterocycles. The molecule has 1 atom stereocenters. The first-order chi connectivity index (χ1) is 5.30. The lowest BCUT2D eigenvalue weighted by Gasteiger charge is -2.29. The van der Waals surface area contributed by atoms with Crippen LogP contribution < -0.4 is 5.32 Å². The summed E-state index contributed by atoms with van der Waals surface area (Å²) in [6.45, 7) is 9.76. The van der Waals surface area contributed by atoms with Gasteiger partial charge in [0.2, 0.25) is 0 Å². The molecule has 0 saturated carbocycles. The van der Waals surface area contributed by atoms with Crippen LogP contribution in [0.2, 0.25) is 0 Å². The Morgan fingerprint density at radius 2 is 1.73 bits per heavy atom. The molecule has 0 aromatic carbocycles. The predicted octanol–water partition coefficient (Wildman–Crippen LogP) is 0.256. The number of aliphatic hydroxyl groups excluding tert-OH is 1. The molecule has 3 heteroatoms. The minimum absolute atomic E-state index is 0.271. The van der Waals surface area contributed by atoms with Gasteiger partial charge in [0.1, 0.15) is 6.23 Å². The zero-order valence-electron chi connectivity index (χ0n) is 7.80. The first kappa shape index (κ1) is 10.9. The van der Waals surface area contributed by atoms with E-state index in [0.717, 1.165) is 26.2 Å². The van der Waals surface area contributed by atoms with Gasteiger partial charge in [-0.3, -0.25) is 4.90 Å². The highest BCUT2D eigenvalue weighted by molar-refractivity contribution is 4.67. The Bertz CT molecular complexity index is 80.2. The third-order valence-corrected chi connectivity index (χ3v) is 1.68. The fourth-order valence-corrected chi connectivity index (χ4v) is 1.06. The van der Waals surface area contributed by atoms with Crippen LogP contribution in [-0.4, -0.2) is 42.4 Å². The SMILES string of the molecule is CC.CC(O)N1CCNCC1. The fourth-order valence-electron chi connectivity index (χ4n) is 1.06. The summed E-state index contributed by atoms with van der Waals surface area (Å²) in [5.74, 6) is 0. The quantitative estimate of drug-likeness (QED) is 0.577. The smallest absolute Gasteiger partial charge is 0.104 e. The second-order valence-electron chi connectivity index (χ2n) is 2.42. The van der Waals surface area contributed by atoms with E-state index in [0.29, 0.717) is 0 Å². The number of nitrogens with one attached hydrogen (secondary N) is 1. The predicted molar refractivity (Wildman–Crippen MR) is 47.5 cm³/mol. The summed E-state index contributed by atoms with van der Waals surface area (Å²) in [5, 5.41) is 12.3.